The highest BCUT2D eigenvalue weighted by molar-refractivity contribution is 7.90. The largest absolute Gasteiger partial charge is 0.507 e. The van der Waals surface area contributed by atoms with Crippen molar-refractivity contribution in [3.8, 4) is 16.9 Å². The van der Waals surface area contributed by atoms with E-state index in [0.29, 0.717) is 11.1 Å². The van der Waals surface area contributed by atoms with Gasteiger partial charge in [0.05, 0.1) is 4.90 Å². The second-order valence-corrected chi connectivity index (χ2v) is 5.65. The first-order valence-corrected chi connectivity index (χ1v) is 6.88. The van der Waals surface area contributed by atoms with E-state index in [2.05, 4.69) is 6.07 Å². The van der Waals surface area contributed by atoms with Crippen LogP contribution in [0.15, 0.2) is 47.4 Å². The zero-order chi connectivity index (χ0) is 12.5. The summed E-state index contributed by atoms with van der Waals surface area (Å²) in [5, 5.41) is 9.75. The van der Waals surface area contributed by atoms with Crippen LogP contribution in [0.1, 0.15) is 0 Å². The van der Waals surface area contributed by atoms with Crippen molar-refractivity contribution in [2.45, 2.75) is 4.90 Å². The smallest absolute Gasteiger partial charge is 0.176 e. The van der Waals surface area contributed by atoms with Crippen LogP contribution < -0.4 is 0 Å². The summed E-state index contributed by atoms with van der Waals surface area (Å²) in [6, 6.07) is 14.2. The van der Waals surface area contributed by atoms with Gasteiger partial charge in [-0.05, 0) is 6.07 Å². The second-order valence-electron chi connectivity index (χ2n) is 3.70. The summed E-state index contributed by atoms with van der Waals surface area (Å²) in [5.74, 6) is 0.0528. The number of para-hydroxylation sites is 1. The minimum absolute atomic E-state index is 0.0528. The standard InChI is InChI=1S/C13H11O3S/c1-17(15,16)13-9-5-3-7-11(13)10-6-2-4-8-12(10)14/h2-8,14H,1H3. The van der Waals surface area contributed by atoms with Gasteiger partial charge in [-0.3, -0.25) is 0 Å². The van der Waals surface area contributed by atoms with E-state index in [4.69, 9.17) is 0 Å². The van der Waals surface area contributed by atoms with Crippen LogP contribution in [-0.2, 0) is 9.84 Å². The molecule has 2 rings (SSSR count). The Bertz CT molecular complexity index is 645. The van der Waals surface area contributed by atoms with Crippen LogP contribution in [0.4, 0.5) is 0 Å². The fourth-order valence-electron chi connectivity index (χ4n) is 1.64. The molecule has 4 heteroatoms. The molecule has 0 aliphatic rings. The molecule has 0 aliphatic heterocycles. The van der Waals surface area contributed by atoms with Crippen LogP contribution in [0.3, 0.4) is 0 Å². The third kappa shape index (κ3) is 2.31. The summed E-state index contributed by atoms with van der Waals surface area (Å²) in [6.07, 6.45) is 1.13. The van der Waals surface area contributed by atoms with Gasteiger partial charge in [-0.2, -0.15) is 0 Å². The molecule has 0 saturated carbocycles. The number of hydrogen-bond acceptors (Lipinski definition) is 3. The number of aromatic hydroxyl groups is 1. The molecular formula is C13H11O3S. The first kappa shape index (κ1) is 11.7. The highest BCUT2D eigenvalue weighted by atomic mass is 32.2. The minimum Gasteiger partial charge on any atom is -0.507 e. The second kappa shape index (κ2) is 4.22. The molecular weight excluding hydrogens is 236 g/mol. The first-order valence-electron chi connectivity index (χ1n) is 4.99. The fraction of sp³-hybridized carbons (Fsp3) is 0.0769. The highest BCUT2D eigenvalue weighted by Gasteiger charge is 2.15. The van der Waals surface area contributed by atoms with Crippen molar-refractivity contribution in [3.63, 3.8) is 0 Å². The van der Waals surface area contributed by atoms with E-state index in [1.165, 1.54) is 6.07 Å². The van der Waals surface area contributed by atoms with Gasteiger partial charge in [0.2, 0.25) is 0 Å². The number of benzene rings is 2. The van der Waals surface area contributed by atoms with Crippen molar-refractivity contribution in [3.05, 3.63) is 48.5 Å². The summed E-state index contributed by atoms with van der Waals surface area (Å²) in [4.78, 5) is 0.0986. The van der Waals surface area contributed by atoms with Crippen LogP contribution in [0.5, 0.6) is 5.75 Å². The Balaban J connectivity index is 2.74. The van der Waals surface area contributed by atoms with Gasteiger partial charge in [-0.1, -0.05) is 36.4 Å². The average molecular weight is 247 g/mol. The van der Waals surface area contributed by atoms with E-state index in [0.717, 1.165) is 6.26 Å². The number of hydrogen-bond donors (Lipinski definition) is 1. The highest BCUT2D eigenvalue weighted by Crippen LogP contribution is 2.32. The molecule has 0 aliphatic carbocycles. The lowest BCUT2D eigenvalue weighted by molar-refractivity contribution is 0.477. The molecule has 1 radical (unpaired) electrons. The molecule has 2 aromatic carbocycles. The van der Waals surface area contributed by atoms with Crippen molar-refractivity contribution < 1.29 is 13.5 Å². The van der Waals surface area contributed by atoms with Gasteiger partial charge in [-0.25, -0.2) is 8.42 Å². The Morgan fingerprint density at radius 2 is 1.71 bits per heavy atom. The van der Waals surface area contributed by atoms with E-state index >= 15 is 0 Å². The van der Waals surface area contributed by atoms with E-state index in [-0.39, 0.29) is 10.6 Å². The monoisotopic (exact) mass is 247 g/mol. The van der Waals surface area contributed by atoms with Crippen molar-refractivity contribution in [1.29, 1.82) is 0 Å². The molecule has 0 fully saturated rings. The van der Waals surface area contributed by atoms with Gasteiger partial charge < -0.3 is 5.11 Å². The maximum Gasteiger partial charge on any atom is 0.176 e. The number of rotatable bonds is 2. The maximum atomic E-state index is 11.6. The Labute approximate surface area is 100 Å². The number of sulfone groups is 1. The van der Waals surface area contributed by atoms with Crippen molar-refractivity contribution in [2.24, 2.45) is 0 Å². The molecule has 3 nitrogen and oxygen atoms in total. The maximum absolute atomic E-state index is 11.6. The van der Waals surface area contributed by atoms with Crippen LogP contribution in [0.2, 0.25) is 0 Å². The predicted molar refractivity (Wildman–Crippen MR) is 65.5 cm³/mol. The lowest BCUT2D eigenvalue weighted by atomic mass is 10.0. The molecule has 0 heterocycles. The topological polar surface area (TPSA) is 54.4 Å². The first-order chi connectivity index (χ1) is 8.00. The van der Waals surface area contributed by atoms with Gasteiger partial charge >= 0.3 is 0 Å². The zero-order valence-corrected chi connectivity index (χ0v) is 10.0. The van der Waals surface area contributed by atoms with Gasteiger partial charge in [0.15, 0.2) is 9.84 Å². The molecule has 87 valence electrons. The fourth-order valence-corrected chi connectivity index (χ4v) is 2.50. The normalized spacial score (nSPS) is 11.4. The molecule has 0 spiro atoms. The van der Waals surface area contributed by atoms with Gasteiger partial charge in [0.25, 0.3) is 0 Å². The van der Waals surface area contributed by atoms with Gasteiger partial charge in [0.1, 0.15) is 5.75 Å². The summed E-state index contributed by atoms with van der Waals surface area (Å²) in [5.41, 5.74) is 0.956. The minimum atomic E-state index is -3.37. The zero-order valence-electron chi connectivity index (χ0n) is 9.21. The Morgan fingerprint density at radius 3 is 2.35 bits per heavy atom. The summed E-state index contributed by atoms with van der Waals surface area (Å²) in [7, 11) is -3.37. The number of phenolic OH excluding ortho intramolecular Hbond substituents is 1. The lowest BCUT2D eigenvalue weighted by Crippen LogP contribution is -1.99. The summed E-state index contributed by atoms with van der Waals surface area (Å²) in [6.45, 7) is 0. The van der Waals surface area contributed by atoms with Crippen LogP contribution in [0.25, 0.3) is 11.1 Å². The molecule has 0 aromatic heterocycles. The van der Waals surface area contributed by atoms with Crippen molar-refractivity contribution in [2.75, 3.05) is 6.26 Å². The Hall–Kier alpha value is -1.81. The van der Waals surface area contributed by atoms with Crippen LogP contribution in [-0.4, -0.2) is 19.8 Å². The van der Waals surface area contributed by atoms with Gasteiger partial charge in [0, 0.05) is 23.4 Å². The van der Waals surface area contributed by atoms with Crippen molar-refractivity contribution >= 4 is 9.84 Å². The molecule has 0 bridgehead atoms. The summed E-state index contributed by atoms with van der Waals surface area (Å²) < 4.78 is 23.3. The molecule has 0 saturated heterocycles. The lowest BCUT2D eigenvalue weighted by Gasteiger charge is -2.08. The third-order valence-electron chi connectivity index (χ3n) is 2.38. The predicted octanol–water partition coefficient (Wildman–Crippen LogP) is 2.26. The van der Waals surface area contributed by atoms with Crippen molar-refractivity contribution in [1.82, 2.24) is 0 Å². The molecule has 0 atom stereocenters. The number of phenols is 1. The molecule has 0 unspecified atom stereocenters. The molecule has 2 aromatic rings. The van der Waals surface area contributed by atoms with E-state index in [9.17, 15) is 13.5 Å². The average Bonchev–Trinajstić information content (AvgIpc) is 2.28. The van der Waals surface area contributed by atoms with Gasteiger partial charge in [-0.15, -0.1) is 0 Å². The molecule has 17 heavy (non-hydrogen) atoms. The Morgan fingerprint density at radius 1 is 1.06 bits per heavy atom. The SMILES string of the molecule is CS(=O)(=O)c1[c]cccc1-c1ccccc1O. The molecule has 1 N–H and O–H groups in total. The Kier molecular flexibility index (Phi) is 2.90. The molecule has 0 amide bonds. The van der Waals surface area contributed by atoms with E-state index in [1.54, 1.807) is 36.4 Å². The quantitative estimate of drug-likeness (QED) is 0.885. The van der Waals surface area contributed by atoms with Crippen LogP contribution >= 0.6 is 0 Å². The van der Waals surface area contributed by atoms with Crippen LogP contribution in [0, 0.1) is 6.07 Å². The van der Waals surface area contributed by atoms with E-state index < -0.39 is 9.84 Å². The third-order valence-corrected chi connectivity index (χ3v) is 3.46. The summed E-state index contributed by atoms with van der Waals surface area (Å²) >= 11 is 0. The van der Waals surface area contributed by atoms with E-state index in [1.807, 2.05) is 0 Å².